The molecule has 4 rings (SSSR count). The fraction of sp³-hybridized carbons (Fsp3) is 0.333. The third kappa shape index (κ3) is 3.59. The Morgan fingerprint density at radius 2 is 0.833 bits per heavy atom. The summed E-state index contributed by atoms with van der Waals surface area (Å²) >= 11 is 0. The summed E-state index contributed by atoms with van der Waals surface area (Å²) in [6.07, 6.45) is 9.81. The van der Waals surface area contributed by atoms with E-state index in [9.17, 15) is 0 Å². The molecule has 0 unspecified atom stereocenters. The van der Waals surface area contributed by atoms with Gasteiger partial charge in [-0.3, -0.25) is 19.9 Å². The summed E-state index contributed by atoms with van der Waals surface area (Å²) in [5.74, 6) is 0. The van der Waals surface area contributed by atoms with Gasteiger partial charge in [-0.2, -0.15) is 0 Å². The molecule has 0 bridgehead atoms. The van der Waals surface area contributed by atoms with Crippen LogP contribution in [0.4, 0.5) is 0 Å². The fourth-order valence-electron chi connectivity index (χ4n) is 2.08. The Morgan fingerprint density at radius 1 is 0.458 bits per heavy atom. The van der Waals surface area contributed by atoms with Crippen molar-refractivity contribution in [3.63, 3.8) is 0 Å². The molecule has 0 saturated heterocycles. The normalized spacial score (nSPS) is 8.50. The van der Waals surface area contributed by atoms with Crippen molar-refractivity contribution < 1.29 is 0 Å². The summed E-state index contributed by atoms with van der Waals surface area (Å²) in [5, 5.41) is 0.841. The molecular formula is C18H30N6. The SMILES string of the molecule is C.C.C.C.C.C.c1cnc2c(n1)c1cncnc1c1nccnc21. The highest BCUT2D eigenvalue weighted by atomic mass is 14.9. The molecule has 24 heavy (non-hydrogen) atoms. The zero-order chi connectivity index (χ0) is 11.9. The van der Waals surface area contributed by atoms with Crippen molar-refractivity contribution in [3.8, 4) is 0 Å². The zero-order valence-corrected chi connectivity index (χ0v) is 9.15. The minimum absolute atomic E-state index is 0. The highest BCUT2D eigenvalue weighted by molar-refractivity contribution is 6.18. The average molecular weight is 330 g/mol. The van der Waals surface area contributed by atoms with Crippen LogP contribution in [-0.4, -0.2) is 29.9 Å². The number of fused-ring (bicyclic) bond motifs is 6. The largest absolute Gasteiger partial charge is 0.252 e. The molecule has 6 nitrogen and oxygen atoms in total. The summed E-state index contributed by atoms with van der Waals surface area (Å²) in [7, 11) is 0. The van der Waals surface area contributed by atoms with Crippen LogP contribution in [0, 0.1) is 0 Å². The number of hydrogen-bond acceptors (Lipinski definition) is 6. The van der Waals surface area contributed by atoms with Gasteiger partial charge in [0.1, 0.15) is 33.9 Å². The molecule has 0 spiro atoms. The topological polar surface area (TPSA) is 77.3 Å². The molecule has 0 radical (unpaired) electrons. The second-order valence-corrected chi connectivity index (χ2v) is 3.79. The first-order chi connectivity index (χ1) is 8.95. The Kier molecular flexibility index (Phi) is 11.0. The van der Waals surface area contributed by atoms with E-state index in [1.54, 1.807) is 31.0 Å². The quantitative estimate of drug-likeness (QED) is 0.405. The third-order valence-corrected chi connectivity index (χ3v) is 2.81. The maximum Gasteiger partial charge on any atom is 0.119 e. The van der Waals surface area contributed by atoms with Crippen LogP contribution in [0.2, 0.25) is 0 Å². The maximum atomic E-state index is 4.35. The number of rotatable bonds is 0. The van der Waals surface area contributed by atoms with E-state index in [4.69, 9.17) is 0 Å². The highest BCUT2D eigenvalue weighted by Crippen LogP contribution is 2.27. The van der Waals surface area contributed by atoms with Gasteiger partial charge in [0.25, 0.3) is 0 Å². The van der Waals surface area contributed by atoms with Crippen LogP contribution in [0.1, 0.15) is 44.6 Å². The molecule has 6 heteroatoms. The minimum Gasteiger partial charge on any atom is -0.252 e. The van der Waals surface area contributed by atoms with Gasteiger partial charge in [0.05, 0.1) is 0 Å². The predicted molar refractivity (Wildman–Crippen MR) is 106 cm³/mol. The summed E-state index contributed by atoms with van der Waals surface area (Å²) in [4.78, 5) is 25.7. The van der Waals surface area contributed by atoms with Crippen LogP contribution in [0.5, 0.6) is 0 Å². The number of nitrogens with zero attached hydrogens (tertiary/aromatic N) is 6. The Morgan fingerprint density at radius 3 is 1.33 bits per heavy atom. The van der Waals surface area contributed by atoms with Gasteiger partial charge in [0.15, 0.2) is 0 Å². The van der Waals surface area contributed by atoms with Crippen LogP contribution in [-0.2, 0) is 0 Å². The fourth-order valence-corrected chi connectivity index (χ4v) is 2.08. The van der Waals surface area contributed by atoms with E-state index in [-0.39, 0.29) is 44.6 Å². The van der Waals surface area contributed by atoms with Crippen molar-refractivity contribution in [2.45, 2.75) is 44.6 Å². The summed E-state index contributed by atoms with van der Waals surface area (Å²) in [5.41, 5.74) is 3.67. The van der Waals surface area contributed by atoms with Gasteiger partial charge in [-0.1, -0.05) is 44.6 Å². The van der Waals surface area contributed by atoms with Crippen LogP contribution < -0.4 is 0 Å². The molecule has 0 aliphatic carbocycles. The van der Waals surface area contributed by atoms with E-state index in [0.717, 1.165) is 27.5 Å². The van der Waals surface area contributed by atoms with Crippen LogP contribution in [0.15, 0.2) is 37.3 Å². The Balaban J connectivity index is -0.000000735. The lowest BCUT2D eigenvalue weighted by Gasteiger charge is -2.04. The molecule has 1 aromatic carbocycles. The molecule has 0 fully saturated rings. The lowest BCUT2D eigenvalue weighted by Crippen LogP contribution is -1.93. The molecule has 132 valence electrons. The predicted octanol–water partition coefficient (Wildman–Crippen LogP) is 5.33. The monoisotopic (exact) mass is 330 g/mol. The molecule has 0 saturated carbocycles. The lowest BCUT2D eigenvalue weighted by molar-refractivity contribution is 1.21. The van der Waals surface area contributed by atoms with Crippen LogP contribution in [0.25, 0.3) is 33.0 Å². The van der Waals surface area contributed by atoms with Gasteiger partial charge in [0, 0.05) is 36.4 Å². The Labute approximate surface area is 145 Å². The molecule has 4 aromatic rings. The van der Waals surface area contributed by atoms with Crippen molar-refractivity contribution in [3.05, 3.63) is 37.3 Å². The molecule has 0 aliphatic rings. The van der Waals surface area contributed by atoms with Gasteiger partial charge in [0.2, 0.25) is 0 Å². The lowest BCUT2D eigenvalue weighted by atomic mass is 10.1. The standard InChI is InChI=1S/C12H6N6.6CH4/c1-2-15-10-8(14-1)7-5-13-6-18-9(7)11-12(10)17-4-3-16-11;;;;;;/h1-6H;6*1H4. The molecule has 0 atom stereocenters. The molecule has 0 aliphatic heterocycles. The van der Waals surface area contributed by atoms with Gasteiger partial charge < -0.3 is 0 Å². The maximum absolute atomic E-state index is 4.35. The second kappa shape index (κ2) is 10.1. The first-order valence-electron chi connectivity index (χ1n) is 5.38. The number of benzene rings is 1. The summed E-state index contributed by atoms with van der Waals surface area (Å²) in [6, 6.07) is 0. The van der Waals surface area contributed by atoms with Gasteiger partial charge in [-0.25, -0.2) is 9.97 Å². The smallest absolute Gasteiger partial charge is 0.119 e. The average Bonchev–Trinajstić information content (AvgIpc) is 2.48. The van der Waals surface area contributed by atoms with Crippen LogP contribution in [0.3, 0.4) is 0 Å². The van der Waals surface area contributed by atoms with Gasteiger partial charge in [-0.15, -0.1) is 0 Å². The zero-order valence-electron chi connectivity index (χ0n) is 9.15. The van der Waals surface area contributed by atoms with Crippen LogP contribution >= 0.6 is 0 Å². The van der Waals surface area contributed by atoms with Crippen molar-refractivity contribution in [2.24, 2.45) is 0 Å². The molecule has 0 N–H and O–H groups in total. The number of hydrogen-bond donors (Lipinski definition) is 0. The molecular weight excluding hydrogens is 300 g/mol. The summed E-state index contributed by atoms with van der Waals surface area (Å²) < 4.78 is 0. The van der Waals surface area contributed by atoms with Crippen molar-refractivity contribution in [1.82, 2.24) is 29.9 Å². The third-order valence-electron chi connectivity index (χ3n) is 2.81. The minimum atomic E-state index is 0. The van der Waals surface area contributed by atoms with E-state index in [0.29, 0.717) is 5.52 Å². The second-order valence-electron chi connectivity index (χ2n) is 3.79. The van der Waals surface area contributed by atoms with E-state index < -0.39 is 0 Å². The van der Waals surface area contributed by atoms with E-state index in [1.807, 2.05) is 0 Å². The van der Waals surface area contributed by atoms with Crippen molar-refractivity contribution >= 4 is 33.0 Å². The van der Waals surface area contributed by atoms with Gasteiger partial charge in [-0.05, 0) is 0 Å². The first-order valence-corrected chi connectivity index (χ1v) is 5.38. The van der Waals surface area contributed by atoms with E-state index in [1.165, 1.54) is 6.33 Å². The van der Waals surface area contributed by atoms with E-state index >= 15 is 0 Å². The molecule has 3 heterocycles. The van der Waals surface area contributed by atoms with Crippen molar-refractivity contribution in [2.75, 3.05) is 0 Å². The Bertz CT molecular complexity index is 671. The summed E-state index contributed by atoms with van der Waals surface area (Å²) in [6.45, 7) is 0. The van der Waals surface area contributed by atoms with Gasteiger partial charge >= 0.3 is 0 Å². The first kappa shape index (κ1) is 26.2. The Hall–Kier alpha value is -2.76. The van der Waals surface area contributed by atoms with E-state index in [2.05, 4.69) is 29.9 Å². The molecule has 3 aromatic heterocycles. The highest BCUT2D eigenvalue weighted by Gasteiger charge is 2.12. The molecule has 0 amide bonds. The van der Waals surface area contributed by atoms with Crippen molar-refractivity contribution in [1.29, 1.82) is 0 Å². The number of aromatic nitrogens is 6.